The first-order valence-electron chi connectivity index (χ1n) is 5.02. The lowest BCUT2D eigenvalue weighted by molar-refractivity contribution is -0.385. The van der Waals surface area contributed by atoms with E-state index in [1.165, 1.54) is 12.3 Å². The lowest BCUT2D eigenvalue weighted by Crippen LogP contribution is -2.11. The van der Waals surface area contributed by atoms with Crippen molar-refractivity contribution in [1.82, 2.24) is 0 Å². The molecule has 0 aliphatic rings. The molecule has 18 heavy (non-hydrogen) atoms. The van der Waals surface area contributed by atoms with Gasteiger partial charge in [0.1, 0.15) is 0 Å². The van der Waals surface area contributed by atoms with Crippen LogP contribution in [0.5, 0.6) is 0 Å². The van der Waals surface area contributed by atoms with E-state index in [-0.39, 0.29) is 17.9 Å². The van der Waals surface area contributed by atoms with Gasteiger partial charge in [0.15, 0.2) is 0 Å². The van der Waals surface area contributed by atoms with Crippen molar-refractivity contribution in [3.05, 3.63) is 33.9 Å². The summed E-state index contributed by atoms with van der Waals surface area (Å²) in [5.74, 6) is 0.319. The van der Waals surface area contributed by atoms with Gasteiger partial charge in [0, 0.05) is 52.7 Å². The van der Waals surface area contributed by atoms with Crippen LogP contribution in [0.15, 0.2) is 18.2 Å². The SMILES string of the molecule is CS(=O)CCNc1ccc([N+](=O)[O-])cc1C(F)F. The van der Waals surface area contributed by atoms with Crippen LogP contribution < -0.4 is 5.32 Å². The van der Waals surface area contributed by atoms with Crippen LogP contribution in [0.2, 0.25) is 0 Å². The Bertz CT molecular complexity index is 468. The molecule has 0 saturated heterocycles. The molecule has 0 radical (unpaired) electrons. The van der Waals surface area contributed by atoms with Crippen molar-refractivity contribution in [2.45, 2.75) is 6.43 Å². The molecule has 0 spiro atoms. The Kier molecular flexibility index (Phi) is 5.14. The van der Waals surface area contributed by atoms with Gasteiger partial charge in [0.05, 0.1) is 4.92 Å². The molecule has 0 amide bonds. The number of halogens is 2. The second-order valence-electron chi connectivity index (χ2n) is 3.53. The zero-order valence-corrected chi connectivity index (χ0v) is 10.4. The maximum absolute atomic E-state index is 12.7. The number of non-ortho nitro benzene ring substituents is 1. The highest BCUT2D eigenvalue weighted by atomic mass is 32.2. The minimum absolute atomic E-state index is 0.126. The first-order chi connectivity index (χ1) is 8.41. The Morgan fingerprint density at radius 2 is 2.17 bits per heavy atom. The molecule has 1 unspecified atom stereocenters. The molecule has 0 aliphatic carbocycles. The van der Waals surface area contributed by atoms with E-state index in [0.717, 1.165) is 12.1 Å². The van der Waals surface area contributed by atoms with Crippen LogP contribution in [-0.4, -0.2) is 27.7 Å². The quantitative estimate of drug-likeness (QED) is 0.640. The monoisotopic (exact) mass is 278 g/mol. The fourth-order valence-corrected chi connectivity index (χ4v) is 1.72. The van der Waals surface area contributed by atoms with Gasteiger partial charge in [-0.3, -0.25) is 14.3 Å². The summed E-state index contributed by atoms with van der Waals surface area (Å²) in [7, 11) is -1.03. The molecule has 0 saturated carbocycles. The molecule has 1 aromatic rings. The molecule has 5 nitrogen and oxygen atoms in total. The number of nitrogens with zero attached hydrogens (tertiary/aromatic N) is 1. The Labute approximate surface area is 105 Å². The minimum Gasteiger partial charge on any atom is -0.384 e. The van der Waals surface area contributed by atoms with Crippen LogP contribution in [0.3, 0.4) is 0 Å². The van der Waals surface area contributed by atoms with Crippen molar-refractivity contribution in [3.8, 4) is 0 Å². The molecule has 1 atom stereocenters. The molecule has 0 fully saturated rings. The molecular weight excluding hydrogens is 266 g/mol. The Balaban J connectivity index is 2.90. The number of hydrogen-bond acceptors (Lipinski definition) is 4. The number of nitro groups is 1. The molecule has 0 aromatic heterocycles. The number of benzene rings is 1. The first kappa shape index (κ1) is 14.5. The third-order valence-corrected chi connectivity index (χ3v) is 2.97. The minimum atomic E-state index is -2.81. The average molecular weight is 278 g/mol. The molecule has 0 bridgehead atoms. The molecule has 1 rings (SSSR count). The van der Waals surface area contributed by atoms with Crippen molar-refractivity contribution in [3.63, 3.8) is 0 Å². The van der Waals surface area contributed by atoms with Gasteiger partial charge in [-0.2, -0.15) is 0 Å². The fraction of sp³-hybridized carbons (Fsp3) is 0.400. The van der Waals surface area contributed by atoms with Crippen LogP contribution in [-0.2, 0) is 10.8 Å². The number of anilines is 1. The van der Waals surface area contributed by atoms with E-state index in [1.807, 2.05) is 0 Å². The highest BCUT2D eigenvalue weighted by Gasteiger charge is 2.17. The third kappa shape index (κ3) is 4.02. The molecule has 1 N–H and O–H groups in total. The second kappa shape index (κ2) is 6.39. The third-order valence-electron chi connectivity index (χ3n) is 2.19. The molecular formula is C10H12F2N2O3S. The van der Waals surface area contributed by atoms with Crippen molar-refractivity contribution in [2.75, 3.05) is 23.9 Å². The predicted octanol–water partition coefficient (Wildman–Crippen LogP) is 2.32. The van der Waals surface area contributed by atoms with Gasteiger partial charge in [0.25, 0.3) is 12.1 Å². The lowest BCUT2D eigenvalue weighted by atomic mass is 10.1. The van der Waals surface area contributed by atoms with Gasteiger partial charge in [0.2, 0.25) is 0 Å². The van der Waals surface area contributed by atoms with E-state index in [9.17, 15) is 23.1 Å². The smallest absolute Gasteiger partial charge is 0.270 e. The fourth-order valence-electron chi connectivity index (χ4n) is 1.33. The molecule has 8 heteroatoms. The number of hydrogen-bond donors (Lipinski definition) is 1. The van der Waals surface area contributed by atoms with Crippen molar-refractivity contribution in [2.24, 2.45) is 0 Å². The van der Waals surface area contributed by atoms with Gasteiger partial charge in [-0.1, -0.05) is 0 Å². The van der Waals surface area contributed by atoms with E-state index >= 15 is 0 Å². The zero-order chi connectivity index (χ0) is 13.7. The average Bonchev–Trinajstić information content (AvgIpc) is 2.28. The highest BCUT2D eigenvalue weighted by Crippen LogP contribution is 2.30. The van der Waals surface area contributed by atoms with Crippen molar-refractivity contribution < 1.29 is 17.9 Å². The van der Waals surface area contributed by atoms with Crippen LogP contribution in [0.25, 0.3) is 0 Å². The maximum Gasteiger partial charge on any atom is 0.270 e. The topological polar surface area (TPSA) is 72.2 Å². The number of nitrogens with one attached hydrogen (secondary N) is 1. The summed E-state index contributed by atoms with van der Waals surface area (Å²) in [6.45, 7) is 0.265. The van der Waals surface area contributed by atoms with Crippen molar-refractivity contribution in [1.29, 1.82) is 0 Å². The lowest BCUT2D eigenvalue weighted by Gasteiger charge is -2.10. The van der Waals surface area contributed by atoms with E-state index in [2.05, 4.69) is 5.32 Å². The van der Waals surface area contributed by atoms with E-state index < -0.39 is 27.7 Å². The number of rotatable bonds is 6. The van der Waals surface area contributed by atoms with Crippen LogP contribution in [0.4, 0.5) is 20.2 Å². The second-order valence-corrected chi connectivity index (χ2v) is 5.09. The van der Waals surface area contributed by atoms with Gasteiger partial charge in [-0.25, -0.2) is 8.78 Å². The van der Waals surface area contributed by atoms with Crippen LogP contribution >= 0.6 is 0 Å². The number of nitro benzene ring substituents is 1. The highest BCUT2D eigenvalue weighted by molar-refractivity contribution is 7.84. The number of alkyl halides is 2. The van der Waals surface area contributed by atoms with E-state index in [4.69, 9.17) is 0 Å². The molecule has 100 valence electrons. The molecule has 1 aromatic carbocycles. The summed E-state index contributed by atoms with van der Waals surface area (Å²) in [6.07, 6.45) is -1.30. The normalized spacial score (nSPS) is 12.4. The van der Waals surface area contributed by atoms with Gasteiger partial charge in [-0.05, 0) is 6.07 Å². The zero-order valence-electron chi connectivity index (χ0n) is 9.56. The Morgan fingerprint density at radius 1 is 1.50 bits per heavy atom. The Morgan fingerprint density at radius 3 is 2.67 bits per heavy atom. The van der Waals surface area contributed by atoms with Crippen LogP contribution in [0.1, 0.15) is 12.0 Å². The van der Waals surface area contributed by atoms with E-state index in [1.54, 1.807) is 0 Å². The summed E-state index contributed by atoms with van der Waals surface area (Å²) in [6, 6.07) is 3.23. The predicted molar refractivity (Wildman–Crippen MR) is 65.5 cm³/mol. The summed E-state index contributed by atoms with van der Waals surface area (Å²) in [5, 5.41) is 13.2. The largest absolute Gasteiger partial charge is 0.384 e. The summed E-state index contributed by atoms with van der Waals surface area (Å²) < 4.78 is 36.3. The molecule has 0 aliphatic heterocycles. The van der Waals surface area contributed by atoms with Crippen molar-refractivity contribution >= 4 is 22.2 Å². The summed E-state index contributed by atoms with van der Waals surface area (Å²) in [5.41, 5.74) is -0.679. The summed E-state index contributed by atoms with van der Waals surface area (Å²) >= 11 is 0. The maximum atomic E-state index is 12.7. The van der Waals surface area contributed by atoms with Gasteiger partial charge >= 0.3 is 0 Å². The van der Waals surface area contributed by atoms with E-state index in [0.29, 0.717) is 5.75 Å². The Hall–Kier alpha value is -1.57. The summed E-state index contributed by atoms with van der Waals surface area (Å²) in [4.78, 5) is 9.77. The van der Waals surface area contributed by atoms with Crippen LogP contribution in [0, 0.1) is 10.1 Å². The standard InChI is InChI=1S/C10H12F2N2O3S/c1-18(17)5-4-13-9-3-2-7(14(15)16)6-8(9)10(11)12/h2-3,6,10,13H,4-5H2,1H3. The van der Waals surface area contributed by atoms with Gasteiger partial charge < -0.3 is 5.32 Å². The van der Waals surface area contributed by atoms with Gasteiger partial charge in [-0.15, -0.1) is 0 Å². The molecule has 0 heterocycles. The first-order valence-corrected chi connectivity index (χ1v) is 6.75.